The van der Waals surface area contributed by atoms with Crippen molar-refractivity contribution in [1.29, 1.82) is 0 Å². The lowest BCUT2D eigenvalue weighted by Crippen LogP contribution is -2.34. The molecule has 15 nitrogen and oxygen atoms in total. The van der Waals surface area contributed by atoms with Gasteiger partial charge in [0.25, 0.3) is 12.9 Å². The highest BCUT2D eigenvalue weighted by Gasteiger charge is 2.51. The normalized spacial score (nSPS) is 23.4. The Morgan fingerprint density at radius 3 is 2.60 bits per heavy atom. The van der Waals surface area contributed by atoms with Gasteiger partial charge in [-0.25, -0.2) is 4.98 Å². The number of ether oxygens (including phenoxy) is 3. The summed E-state index contributed by atoms with van der Waals surface area (Å²) < 4.78 is 24.2. The number of imidazole rings is 1. The van der Waals surface area contributed by atoms with Gasteiger partial charge in [-0.2, -0.15) is 9.97 Å². The van der Waals surface area contributed by atoms with E-state index in [1.54, 1.807) is 10.6 Å². The number of anilines is 2. The van der Waals surface area contributed by atoms with Crippen molar-refractivity contribution in [3.63, 3.8) is 0 Å². The van der Waals surface area contributed by atoms with Crippen LogP contribution in [-0.4, -0.2) is 98.7 Å². The second-order valence-electron chi connectivity index (χ2n) is 10.8. The first-order chi connectivity index (χ1) is 20.5. The number of hydrogen-bond donors (Lipinski definition) is 3. The van der Waals surface area contributed by atoms with Crippen molar-refractivity contribution in [3.05, 3.63) is 23.8 Å². The first kappa shape index (κ1) is 29.7. The number of likely N-dealkylation sites (tertiary alicyclic amines) is 1. The Labute approximate surface area is 242 Å². The highest BCUT2D eigenvalue weighted by Crippen LogP contribution is 2.43. The van der Waals surface area contributed by atoms with E-state index >= 15 is 0 Å². The van der Waals surface area contributed by atoms with Crippen LogP contribution in [0.1, 0.15) is 57.4 Å². The third-order valence-corrected chi connectivity index (χ3v) is 7.76. The minimum Gasteiger partial charge on any atom is -0.457 e. The molecule has 2 aliphatic rings. The van der Waals surface area contributed by atoms with Crippen LogP contribution in [0.15, 0.2) is 16.9 Å². The first-order valence-corrected chi connectivity index (χ1v) is 14.3. The Balaban J connectivity index is 1.52. The fourth-order valence-electron chi connectivity index (χ4n) is 5.36. The van der Waals surface area contributed by atoms with E-state index in [4.69, 9.17) is 23.7 Å². The predicted octanol–water partition coefficient (Wildman–Crippen LogP) is 1.67. The Bertz CT molecular complexity index is 1340. The number of carbonyl (C=O) groups is 2. The Hall–Kier alpha value is -3.82. The van der Waals surface area contributed by atoms with E-state index in [1.807, 2.05) is 20.8 Å². The maximum Gasteiger partial charge on any atom is 0.293 e. The van der Waals surface area contributed by atoms with Crippen LogP contribution in [0.4, 0.5) is 11.8 Å². The molecule has 0 unspecified atom stereocenters. The minimum atomic E-state index is -1.05. The molecule has 5 atom stereocenters. The molecule has 42 heavy (non-hydrogen) atoms. The lowest BCUT2D eigenvalue weighted by molar-refractivity contribution is -0.151. The van der Waals surface area contributed by atoms with E-state index in [0.717, 1.165) is 19.6 Å². The van der Waals surface area contributed by atoms with Gasteiger partial charge in [0.2, 0.25) is 5.95 Å². The number of nitrogens with one attached hydrogen (secondary N) is 2. The predicted molar refractivity (Wildman–Crippen MR) is 149 cm³/mol. The summed E-state index contributed by atoms with van der Waals surface area (Å²) in [4.78, 5) is 39.4. The van der Waals surface area contributed by atoms with Crippen molar-refractivity contribution in [2.45, 2.75) is 70.6 Å². The number of aryl methyl sites for hydroxylation is 1. The highest BCUT2D eigenvalue weighted by atomic mass is 16.6. The van der Waals surface area contributed by atoms with E-state index in [9.17, 15) is 14.7 Å². The zero-order valence-corrected chi connectivity index (χ0v) is 24.0. The molecular formula is C27H38N8O7. The average molecular weight is 587 g/mol. The molecule has 0 aromatic carbocycles. The van der Waals surface area contributed by atoms with Crippen LogP contribution in [0, 0.1) is 5.92 Å². The van der Waals surface area contributed by atoms with Crippen LogP contribution in [-0.2, 0) is 30.2 Å². The van der Waals surface area contributed by atoms with Crippen molar-refractivity contribution in [1.82, 2.24) is 29.6 Å². The smallest absolute Gasteiger partial charge is 0.293 e. The van der Waals surface area contributed by atoms with Crippen LogP contribution < -0.4 is 10.6 Å². The zero-order chi connectivity index (χ0) is 29.6. The van der Waals surface area contributed by atoms with Gasteiger partial charge in [-0.05, 0) is 38.3 Å². The molecule has 5 heterocycles. The molecule has 2 fully saturated rings. The average Bonchev–Trinajstić information content (AvgIpc) is 3.79. The van der Waals surface area contributed by atoms with Gasteiger partial charge in [0.05, 0.1) is 24.7 Å². The van der Waals surface area contributed by atoms with Crippen molar-refractivity contribution < 1.29 is 33.4 Å². The molecule has 2 saturated heterocycles. The second kappa shape index (κ2) is 13.4. The highest BCUT2D eigenvalue weighted by molar-refractivity contribution is 5.84. The maximum absolute atomic E-state index is 11.6. The summed E-state index contributed by atoms with van der Waals surface area (Å²) in [5.41, 5.74) is 1.51. The summed E-state index contributed by atoms with van der Waals surface area (Å²) in [6.45, 7) is 9.99. The summed E-state index contributed by atoms with van der Waals surface area (Å²) in [5.74, 6) is 1.22. The topological polar surface area (TPSA) is 179 Å². The van der Waals surface area contributed by atoms with Gasteiger partial charge >= 0.3 is 0 Å². The zero-order valence-electron chi connectivity index (χ0n) is 24.0. The quantitative estimate of drug-likeness (QED) is 0.219. The van der Waals surface area contributed by atoms with Gasteiger partial charge in [0.15, 0.2) is 47.3 Å². The summed E-state index contributed by atoms with van der Waals surface area (Å²) in [6, 6.07) is 1.43. The van der Waals surface area contributed by atoms with E-state index in [0.29, 0.717) is 47.3 Å². The van der Waals surface area contributed by atoms with Crippen molar-refractivity contribution in [3.8, 4) is 0 Å². The monoisotopic (exact) mass is 586 g/mol. The molecule has 3 aromatic heterocycles. The van der Waals surface area contributed by atoms with Gasteiger partial charge in [-0.3, -0.25) is 14.2 Å². The molecule has 3 aromatic rings. The van der Waals surface area contributed by atoms with Gasteiger partial charge in [-0.1, -0.05) is 25.9 Å². The molecule has 5 rings (SSSR count). The summed E-state index contributed by atoms with van der Waals surface area (Å²) in [7, 11) is 0. The molecule has 0 aliphatic carbocycles. The molecule has 0 bridgehead atoms. The Kier molecular flexibility index (Phi) is 9.49. The SMILES string of the molecule is CCc1cc([C@H]2O[C@@H](n3cnc4c(N[C@H](CO)C(C)C)nc(NCCN5CCCC5)nc43)[C@H](OC=O)[C@@H]2OC=O)on1. The molecule has 0 radical (unpaired) electrons. The Morgan fingerprint density at radius 1 is 1.17 bits per heavy atom. The number of fused-ring (bicyclic) bond motifs is 1. The summed E-state index contributed by atoms with van der Waals surface area (Å²) >= 11 is 0. The lowest BCUT2D eigenvalue weighted by Gasteiger charge is -2.22. The van der Waals surface area contributed by atoms with Crippen LogP contribution >= 0.6 is 0 Å². The fourth-order valence-corrected chi connectivity index (χ4v) is 5.36. The molecule has 228 valence electrons. The van der Waals surface area contributed by atoms with Crippen molar-refractivity contribution >= 4 is 35.9 Å². The minimum absolute atomic E-state index is 0.105. The van der Waals surface area contributed by atoms with Crippen molar-refractivity contribution in [2.24, 2.45) is 5.92 Å². The standard InChI is InChI=1S/C27H38N8O7/c1-4-17-11-19(42-33-17)21-22(39-14-37)23(40-15-38)26(41-21)35-13-29-20-24(30-18(12-36)16(2)3)31-27(32-25(20)35)28-7-10-34-8-5-6-9-34/h11,13-16,18,21-23,26,36H,4-10,12H2,1-3H3,(H2,28,30,31,32)/t18-,21-,22-,23-,26-/m1/s1. The van der Waals surface area contributed by atoms with E-state index in [1.165, 1.54) is 19.2 Å². The fraction of sp³-hybridized carbons (Fsp3) is 0.630. The van der Waals surface area contributed by atoms with Gasteiger partial charge in [0, 0.05) is 19.2 Å². The molecule has 3 N–H and O–H groups in total. The molecule has 0 saturated carbocycles. The molecule has 0 amide bonds. The van der Waals surface area contributed by atoms with Crippen LogP contribution in [0.25, 0.3) is 11.2 Å². The second-order valence-corrected chi connectivity index (χ2v) is 10.8. The first-order valence-electron chi connectivity index (χ1n) is 14.3. The van der Waals surface area contributed by atoms with Crippen LogP contribution in [0.5, 0.6) is 0 Å². The van der Waals surface area contributed by atoms with Gasteiger partial charge in [0.1, 0.15) is 0 Å². The van der Waals surface area contributed by atoms with Gasteiger partial charge < -0.3 is 39.4 Å². The number of hydrogen-bond acceptors (Lipinski definition) is 14. The van der Waals surface area contributed by atoms with Crippen LogP contribution in [0.3, 0.4) is 0 Å². The van der Waals surface area contributed by atoms with Gasteiger partial charge in [-0.15, -0.1) is 0 Å². The lowest BCUT2D eigenvalue weighted by atomic mass is 10.1. The Morgan fingerprint density at radius 2 is 1.93 bits per heavy atom. The largest absolute Gasteiger partial charge is 0.457 e. The molecule has 0 spiro atoms. The third kappa shape index (κ3) is 6.17. The number of aliphatic hydroxyl groups excluding tert-OH is 1. The summed E-state index contributed by atoms with van der Waals surface area (Å²) in [6.07, 6.45) is 0.563. The van der Waals surface area contributed by atoms with E-state index < -0.39 is 24.5 Å². The number of aromatic nitrogens is 5. The number of nitrogens with zero attached hydrogens (tertiary/aromatic N) is 6. The summed E-state index contributed by atoms with van der Waals surface area (Å²) in [5, 5.41) is 20.6. The third-order valence-electron chi connectivity index (χ3n) is 7.76. The number of rotatable bonds is 15. The number of carbonyl (C=O) groups excluding carboxylic acids is 2. The van der Waals surface area contributed by atoms with E-state index in [-0.39, 0.29) is 31.5 Å². The molecule has 15 heteroatoms. The maximum atomic E-state index is 11.6. The molecule has 2 aliphatic heterocycles. The molecular weight excluding hydrogens is 548 g/mol. The van der Waals surface area contributed by atoms with Crippen LogP contribution in [0.2, 0.25) is 0 Å². The van der Waals surface area contributed by atoms with Crippen molar-refractivity contribution in [2.75, 3.05) is 43.4 Å². The van der Waals surface area contributed by atoms with E-state index in [2.05, 4.69) is 30.7 Å². The number of aliphatic hydroxyl groups is 1.